The van der Waals surface area contributed by atoms with Crippen molar-refractivity contribution >= 4 is 12.0 Å². The van der Waals surface area contributed by atoms with E-state index in [1.54, 1.807) is 4.90 Å². The molecule has 1 aliphatic heterocycles. The number of hydrogen-bond acceptors (Lipinski definition) is 4. The molecule has 1 rings (SSSR count). The molecule has 0 bridgehead atoms. The van der Waals surface area contributed by atoms with Gasteiger partial charge < -0.3 is 20.7 Å². The Bertz CT molecular complexity index is 377. The van der Waals surface area contributed by atoms with E-state index in [0.29, 0.717) is 26.1 Å². The maximum absolute atomic E-state index is 12.5. The lowest BCUT2D eigenvalue weighted by Gasteiger charge is -2.35. The summed E-state index contributed by atoms with van der Waals surface area (Å²) >= 11 is 0. The molecule has 0 aromatic heterocycles. The van der Waals surface area contributed by atoms with Crippen LogP contribution in [0, 0.1) is 0 Å². The van der Waals surface area contributed by atoms with E-state index in [1.807, 2.05) is 0 Å². The largest absolute Gasteiger partial charge is 0.425 e. The van der Waals surface area contributed by atoms with Crippen LogP contribution in [0.2, 0.25) is 0 Å². The molecule has 146 valence electrons. The van der Waals surface area contributed by atoms with E-state index in [9.17, 15) is 9.59 Å². The minimum absolute atomic E-state index is 0.122. The summed E-state index contributed by atoms with van der Waals surface area (Å²) in [5, 5.41) is 2.77. The highest BCUT2D eigenvalue weighted by atomic mass is 16.6. The van der Waals surface area contributed by atoms with Crippen LogP contribution in [0.1, 0.15) is 84.0 Å². The molecule has 0 saturated carbocycles. The van der Waals surface area contributed by atoms with Crippen LogP contribution in [0.4, 0.5) is 4.79 Å². The molecule has 0 spiro atoms. The SMILES string of the molecule is CCCCCCCC(=O)N1CCCC[C@@H]1OC(=O)NCCCCCN. The zero-order valence-corrected chi connectivity index (χ0v) is 15.9. The molecule has 1 heterocycles. The highest BCUT2D eigenvalue weighted by Gasteiger charge is 2.29. The normalized spacial score (nSPS) is 17.4. The van der Waals surface area contributed by atoms with Crippen molar-refractivity contribution in [3.05, 3.63) is 0 Å². The van der Waals surface area contributed by atoms with Gasteiger partial charge in [0.05, 0.1) is 0 Å². The molecule has 0 aromatic rings. The van der Waals surface area contributed by atoms with E-state index in [0.717, 1.165) is 51.4 Å². The average molecular weight is 356 g/mol. The quantitative estimate of drug-likeness (QED) is 0.524. The third kappa shape index (κ3) is 9.68. The number of rotatable bonds is 12. The number of alkyl carbamates (subject to hydrolysis) is 1. The minimum Gasteiger partial charge on any atom is -0.425 e. The van der Waals surface area contributed by atoms with Gasteiger partial charge in [0.2, 0.25) is 5.91 Å². The van der Waals surface area contributed by atoms with Gasteiger partial charge in [-0.3, -0.25) is 4.79 Å². The number of ether oxygens (including phenoxy) is 1. The molecule has 6 nitrogen and oxygen atoms in total. The van der Waals surface area contributed by atoms with Gasteiger partial charge in [0.25, 0.3) is 0 Å². The fourth-order valence-corrected chi connectivity index (χ4v) is 3.13. The van der Waals surface area contributed by atoms with Crippen LogP contribution in [0.5, 0.6) is 0 Å². The summed E-state index contributed by atoms with van der Waals surface area (Å²) in [5.41, 5.74) is 5.45. The molecule has 25 heavy (non-hydrogen) atoms. The van der Waals surface area contributed by atoms with Crippen LogP contribution < -0.4 is 11.1 Å². The molecule has 2 amide bonds. The number of nitrogens with zero attached hydrogens (tertiary/aromatic N) is 1. The standard InChI is InChI=1S/C19H37N3O3/c1-2-3-4-5-7-12-17(23)22-16-11-8-13-18(22)25-19(24)21-15-10-6-9-14-20/h18H,2-16,20H2,1H3,(H,21,24)/t18-/m0/s1. The van der Waals surface area contributed by atoms with Crippen molar-refractivity contribution in [1.82, 2.24) is 10.2 Å². The van der Waals surface area contributed by atoms with Crippen LogP contribution in [0.15, 0.2) is 0 Å². The van der Waals surface area contributed by atoms with Gasteiger partial charge in [0.15, 0.2) is 6.23 Å². The Morgan fingerprint density at radius 2 is 1.84 bits per heavy atom. The summed E-state index contributed by atoms with van der Waals surface area (Å²) in [5.74, 6) is 0.122. The first kappa shape index (κ1) is 21.7. The molecule has 1 saturated heterocycles. The zero-order chi connectivity index (χ0) is 18.3. The lowest BCUT2D eigenvalue weighted by Crippen LogP contribution is -2.47. The summed E-state index contributed by atoms with van der Waals surface area (Å²) < 4.78 is 5.51. The number of amides is 2. The first-order valence-corrected chi connectivity index (χ1v) is 10.1. The van der Waals surface area contributed by atoms with E-state index in [1.165, 1.54) is 19.3 Å². The van der Waals surface area contributed by atoms with Crippen molar-refractivity contribution < 1.29 is 14.3 Å². The molecule has 0 radical (unpaired) electrons. The molecule has 0 aliphatic carbocycles. The molecule has 1 fully saturated rings. The lowest BCUT2D eigenvalue weighted by molar-refractivity contribution is -0.144. The number of hydrogen-bond donors (Lipinski definition) is 2. The van der Waals surface area contributed by atoms with Crippen LogP contribution in [-0.4, -0.2) is 42.8 Å². The Morgan fingerprint density at radius 1 is 1.08 bits per heavy atom. The van der Waals surface area contributed by atoms with E-state index < -0.39 is 12.3 Å². The van der Waals surface area contributed by atoms with E-state index in [4.69, 9.17) is 10.5 Å². The summed E-state index contributed by atoms with van der Waals surface area (Å²) in [7, 11) is 0. The summed E-state index contributed by atoms with van der Waals surface area (Å²) in [6, 6.07) is 0. The first-order chi connectivity index (χ1) is 12.2. The number of carbonyl (C=O) groups excluding carboxylic acids is 2. The van der Waals surface area contributed by atoms with E-state index >= 15 is 0 Å². The van der Waals surface area contributed by atoms with Gasteiger partial charge in [-0.15, -0.1) is 0 Å². The van der Waals surface area contributed by atoms with Gasteiger partial charge >= 0.3 is 6.09 Å². The maximum Gasteiger partial charge on any atom is 0.409 e. The molecular formula is C19H37N3O3. The molecular weight excluding hydrogens is 318 g/mol. The predicted molar refractivity (Wildman–Crippen MR) is 100 cm³/mol. The molecule has 6 heteroatoms. The number of carbonyl (C=O) groups is 2. The number of unbranched alkanes of at least 4 members (excludes halogenated alkanes) is 6. The summed E-state index contributed by atoms with van der Waals surface area (Å²) in [6.45, 7) is 4.16. The van der Waals surface area contributed by atoms with Crippen LogP contribution in [0.25, 0.3) is 0 Å². The zero-order valence-electron chi connectivity index (χ0n) is 15.9. The van der Waals surface area contributed by atoms with Gasteiger partial charge in [0, 0.05) is 25.9 Å². The Balaban J connectivity index is 2.29. The molecule has 3 N–H and O–H groups in total. The first-order valence-electron chi connectivity index (χ1n) is 10.1. The monoisotopic (exact) mass is 355 g/mol. The van der Waals surface area contributed by atoms with Crippen molar-refractivity contribution in [3.8, 4) is 0 Å². The van der Waals surface area contributed by atoms with Crippen molar-refractivity contribution in [1.29, 1.82) is 0 Å². The van der Waals surface area contributed by atoms with Crippen LogP contribution in [-0.2, 0) is 9.53 Å². The maximum atomic E-state index is 12.5. The molecule has 1 aliphatic rings. The highest BCUT2D eigenvalue weighted by molar-refractivity contribution is 5.77. The number of nitrogens with one attached hydrogen (secondary N) is 1. The second-order valence-corrected chi connectivity index (χ2v) is 6.88. The van der Waals surface area contributed by atoms with Gasteiger partial charge in [-0.2, -0.15) is 0 Å². The van der Waals surface area contributed by atoms with E-state index in [-0.39, 0.29) is 5.91 Å². The number of likely N-dealkylation sites (tertiary alicyclic amines) is 1. The topological polar surface area (TPSA) is 84.7 Å². The molecule has 1 atom stereocenters. The summed E-state index contributed by atoms with van der Waals surface area (Å²) in [6.07, 6.45) is 11.0. The molecule has 0 aromatic carbocycles. The lowest BCUT2D eigenvalue weighted by atomic mass is 10.1. The smallest absolute Gasteiger partial charge is 0.409 e. The van der Waals surface area contributed by atoms with Crippen molar-refractivity contribution in [2.75, 3.05) is 19.6 Å². The Hall–Kier alpha value is -1.30. The van der Waals surface area contributed by atoms with Gasteiger partial charge in [-0.05, 0) is 38.6 Å². The second-order valence-electron chi connectivity index (χ2n) is 6.88. The van der Waals surface area contributed by atoms with Crippen molar-refractivity contribution in [2.24, 2.45) is 5.73 Å². The van der Waals surface area contributed by atoms with E-state index in [2.05, 4.69) is 12.2 Å². The van der Waals surface area contributed by atoms with Crippen molar-refractivity contribution in [2.45, 2.75) is 90.2 Å². The van der Waals surface area contributed by atoms with Gasteiger partial charge in [-0.1, -0.05) is 39.0 Å². The fourth-order valence-electron chi connectivity index (χ4n) is 3.13. The van der Waals surface area contributed by atoms with Gasteiger partial charge in [0.1, 0.15) is 0 Å². The number of piperidine rings is 1. The Kier molecular flexibility index (Phi) is 12.1. The average Bonchev–Trinajstić information content (AvgIpc) is 2.61. The third-order valence-electron chi connectivity index (χ3n) is 4.66. The Labute approximate surface area is 152 Å². The second kappa shape index (κ2) is 13.9. The predicted octanol–water partition coefficient (Wildman–Crippen LogP) is 3.54. The fraction of sp³-hybridized carbons (Fsp3) is 0.895. The van der Waals surface area contributed by atoms with Crippen LogP contribution >= 0.6 is 0 Å². The van der Waals surface area contributed by atoms with Crippen LogP contribution in [0.3, 0.4) is 0 Å². The van der Waals surface area contributed by atoms with Crippen molar-refractivity contribution in [3.63, 3.8) is 0 Å². The molecule has 0 unspecified atom stereocenters. The van der Waals surface area contributed by atoms with Gasteiger partial charge in [-0.25, -0.2) is 4.79 Å². The number of nitrogens with two attached hydrogens (primary N) is 1. The minimum atomic E-state index is -0.416. The highest BCUT2D eigenvalue weighted by Crippen LogP contribution is 2.20. The Morgan fingerprint density at radius 3 is 2.60 bits per heavy atom. The third-order valence-corrected chi connectivity index (χ3v) is 4.66. The summed E-state index contributed by atoms with van der Waals surface area (Å²) in [4.78, 5) is 26.2.